The second-order valence-corrected chi connectivity index (χ2v) is 1.95. The summed E-state index contributed by atoms with van der Waals surface area (Å²) in [7, 11) is 0. The maximum Gasteiger partial charge on any atom is 0.490 e. The zero-order valence-corrected chi connectivity index (χ0v) is 6.68. The first-order valence-corrected chi connectivity index (χ1v) is 2.84. The van der Waals surface area contributed by atoms with Crippen molar-refractivity contribution in [3.8, 4) is 0 Å². The quantitative estimate of drug-likeness (QED) is 0.609. The van der Waals surface area contributed by atoms with Gasteiger partial charge in [0.1, 0.15) is 0 Å². The fraction of sp³-hybridized carbons (Fsp3) is 0.333. The van der Waals surface area contributed by atoms with Crippen LogP contribution in [0, 0.1) is 0 Å². The normalized spacial score (nSPS) is 9.54. The topological polar surface area (TPSA) is 80.4 Å². The highest BCUT2D eigenvalue weighted by atomic mass is 19.4. The Hall–Kier alpha value is -1.53. The second kappa shape index (κ2) is 5.18. The van der Waals surface area contributed by atoms with Crippen molar-refractivity contribution in [3.63, 3.8) is 0 Å². The van der Waals surface area contributed by atoms with E-state index in [-0.39, 0.29) is 0 Å². The lowest BCUT2D eigenvalue weighted by Gasteiger charge is -1.93. The van der Waals surface area contributed by atoms with Crippen molar-refractivity contribution in [2.24, 2.45) is 5.73 Å². The molecule has 0 spiro atoms. The number of primary amides is 1. The minimum absolute atomic E-state index is 0.398. The number of nitrogens with two attached hydrogens (primary N) is 1. The Labute approximate surface area is 71.8 Å². The number of hydrogen-bond donors (Lipinski definition) is 2. The summed E-state index contributed by atoms with van der Waals surface area (Å²) in [4.78, 5) is 18.7. The van der Waals surface area contributed by atoms with Crippen molar-refractivity contribution in [1.82, 2.24) is 0 Å². The van der Waals surface area contributed by atoms with E-state index in [4.69, 9.17) is 15.6 Å². The number of aliphatic carboxylic acids is 1. The summed E-state index contributed by atoms with van der Waals surface area (Å²) < 4.78 is 31.7. The molecule has 0 atom stereocenters. The number of amides is 1. The Kier molecular flexibility index (Phi) is 5.58. The molecule has 4 nitrogen and oxygen atoms in total. The summed E-state index contributed by atoms with van der Waals surface area (Å²) in [5.41, 5.74) is 5.09. The van der Waals surface area contributed by atoms with E-state index in [0.29, 0.717) is 5.57 Å². The largest absolute Gasteiger partial charge is 0.490 e. The van der Waals surface area contributed by atoms with Gasteiger partial charge in [-0.1, -0.05) is 6.58 Å². The zero-order valence-electron chi connectivity index (χ0n) is 6.68. The van der Waals surface area contributed by atoms with Crippen LogP contribution in [-0.4, -0.2) is 23.2 Å². The molecule has 0 rings (SSSR count). The number of carbonyl (C=O) groups excluding carboxylic acids is 1. The van der Waals surface area contributed by atoms with Crippen molar-refractivity contribution in [2.45, 2.75) is 13.1 Å². The fourth-order valence-electron chi connectivity index (χ4n) is 0. The van der Waals surface area contributed by atoms with Gasteiger partial charge < -0.3 is 10.8 Å². The number of carbonyl (C=O) groups is 2. The third kappa shape index (κ3) is 10.5. The van der Waals surface area contributed by atoms with E-state index >= 15 is 0 Å². The van der Waals surface area contributed by atoms with Gasteiger partial charge in [0, 0.05) is 5.57 Å². The minimum Gasteiger partial charge on any atom is -0.475 e. The first-order chi connectivity index (χ1) is 5.59. The molecule has 3 N–H and O–H groups in total. The molecule has 0 saturated carbocycles. The van der Waals surface area contributed by atoms with Crippen LogP contribution in [0.5, 0.6) is 0 Å². The lowest BCUT2D eigenvalue weighted by molar-refractivity contribution is -0.192. The van der Waals surface area contributed by atoms with E-state index in [9.17, 15) is 18.0 Å². The molecule has 0 aliphatic heterocycles. The van der Waals surface area contributed by atoms with Crippen LogP contribution >= 0.6 is 0 Å². The number of carboxylic acid groups (broad SMARTS) is 1. The molecule has 0 aromatic rings. The number of alkyl halides is 3. The Balaban J connectivity index is 0. The summed E-state index contributed by atoms with van der Waals surface area (Å²) in [6.07, 6.45) is -5.08. The smallest absolute Gasteiger partial charge is 0.475 e. The van der Waals surface area contributed by atoms with Crippen molar-refractivity contribution < 1.29 is 27.9 Å². The molecule has 0 aromatic carbocycles. The monoisotopic (exact) mass is 199 g/mol. The van der Waals surface area contributed by atoms with Crippen LogP contribution in [0.4, 0.5) is 13.2 Å². The van der Waals surface area contributed by atoms with Crippen molar-refractivity contribution >= 4 is 11.9 Å². The number of hydrogen-bond acceptors (Lipinski definition) is 2. The van der Waals surface area contributed by atoms with Gasteiger partial charge in [0.05, 0.1) is 0 Å². The first-order valence-electron chi connectivity index (χ1n) is 2.84. The number of carboxylic acids is 1. The molecule has 0 radical (unpaired) electrons. The van der Waals surface area contributed by atoms with Crippen LogP contribution in [0.2, 0.25) is 0 Å². The van der Waals surface area contributed by atoms with Crippen LogP contribution in [0.1, 0.15) is 6.92 Å². The molecule has 13 heavy (non-hydrogen) atoms. The zero-order chi connectivity index (χ0) is 11.2. The average molecular weight is 199 g/mol. The summed E-state index contributed by atoms with van der Waals surface area (Å²) >= 11 is 0. The molecule has 76 valence electrons. The minimum atomic E-state index is -5.08. The third-order valence-corrected chi connectivity index (χ3v) is 0.663. The Bertz CT molecular complexity index is 210. The lowest BCUT2D eigenvalue weighted by Crippen LogP contribution is -2.21. The van der Waals surface area contributed by atoms with Crippen LogP contribution in [-0.2, 0) is 9.59 Å². The van der Waals surface area contributed by atoms with Crippen LogP contribution in [0.25, 0.3) is 0 Å². The van der Waals surface area contributed by atoms with Crippen molar-refractivity contribution in [1.29, 1.82) is 0 Å². The molecule has 7 heteroatoms. The van der Waals surface area contributed by atoms with Gasteiger partial charge in [0.25, 0.3) is 0 Å². The van der Waals surface area contributed by atoms with Gasteiger partial charge in [-0.3, -0.25) is 4.79 Å². The molecule has 0 fully saturated rings. The molecular weight excluding hydrogens is 191 g/mol. The molecule has 0 unspecified atom stereocenters. The van der Waals surface area contributed by atoms with E-state index in [1.54, 1.807) is 6.92 Å². The highest BCUT2D eigenvalue weighted by molar-refractivity contribution is 5.90. The van der Waals surface area contributed by atoms with Gasteiger partial charge in [0.15, 0.2) is 0 Å². The Morgan fingerprint density at radius 1 is 1.38 bits per heavy atom. The van der Waals surface area contributed by atoms with Gasteiger partial charge in [-0.25, -0.2) is 4.79 Å². The molecule has 0 bridgehead atoms. The maximum absolute atomic E-state index is 10.6. The van der Waals surface area contributed by atoms with Crippen LogP contribution < -0.4 is 5.73 Å². The van der Waals surface area contributed by atoms with E-state index in [1.165, 1.54) is 0 Å². The Morgan fingerprint density at radius 2 is 1.54 bits per heavy atom. The molecule has 1 amide bonds. The second-order valence-electron chi connectivity index (χ2n) is 1.95. The van der Waals surface area contributed by atoms with E-state index in [0.717, 1.165) is 0 Å². The summed E-state index contributed by atoms with van der Waals surface area (Å²) in [5.74, 6) is -3.19. The van der Waals surface area contributed by atoms with Crippen molar-refractivity contribution in [3.05, 3.63) is 12.2 Å². The number of rotatable bonds is 1. The lowest BCUT2D eigenvalue weighted by atomic mass is 10.3. The molecule has 0 saturated heterocycles. The fourth-order valence-corrected chi connectivity index (χ4v) is 0. The average Bonchev–Trinajstić information content (AvgIpc) is 1.86. The summed E-state index contributed by atoms with van der Waals surface area (Å²) in [6.45, 7) is 4.85. The van der Waals surface area contributed by atoms with Crippen molar-refractivity contribution in [2.75, 3.05) is 0 Å². The molecule has 0 aliphatic rings. The molecule has 0 aromatic heterocycles. The predicted molar refractivity (Wildman–Crippen MR) is 37.7 cm³/mol. The SMILES string of the molecule is C=C(C)C(N)=O.O=C(O)C(F)(F)F. The van der Waals surface area contributed by atoms with E-state index in [1.807, 2.05) is 0 Å². The van der Waals surface area contributed by atoms with Gasteiger partial charge in [-0.15, -0.1) is 0 Å². The summed E-state index contributed by atoms with van der Waals surface area (Å²) in [5, 5.41) is 7.12. The van der Waals surface area contributed by atoms with Gasteiger partial charge >= 0.3 is 12.1 Å². The van der Waals surface area contributed by atoms with Gasteiger partial charge in [-0.2, -0.15) is 13.2 Å². The third-order valence-electron chi connectivity index (χ3n) is 0.663. The Morgan fingerprint density at radius 3 is 1.54 bits per heavy atom. The van der Waals surface area contributed by atoms with Crippen LogP contribution in [0.15, 0.2) is 12.2 Å². The van der Waals surface area contributed by atoms with Crippen LogP contribution in [0.3, 0.4) is 0 Å². The molecule has 0 aliphatic carbocycles. The molecular formula is C6H8F3NO3. The standard InChI is InChI=1S/C4H7NO.C2HF3O2/c1-3(2)4(5)6;3-2(4,5)1(6)7/h1H2,2H3,(H2,5,6);(H,6,7). The summed E-state index contributed by atoms with van der Waals surface area (Å²) in [6, 6.07) is 0. The van der Waals surface area contributed by atoms with E-state index < -0.39 is 18.1 Å². The van der Waals surface area contributed by atoms with Gasteiger partial charge in [-0.05, 0) is 6.92 Å². The first kappa shape index (κ1) is 14.0. The highest BCUT2D eigenvalue weighted by Gasteiger charge is 2.38. The number of halogens is 3. The highest BCUT2D eigenvalue weighted by Crippen LogP contribution is 2.13. The van der Waals surface area contributed by atoms with E-state index in [2.05, 4.69) is 6.58 Å². The molecule has 0 heterocycles. The maximum atomic E-state index is 10.6. The van der Waals surface area contributed by atoms with Gasteiger partial charge in [0.2, 0.25) is 5.91 Å². The predicted octanol–water partition coefficient (Wildman–Crippen LogP) is 0.681.